The molecular formula is C17H20O2. The molecule has 0 aliphatic heterocycles. The lowest BCUT2D eigenvalue weighted by molar-refractivity contribution is -0.112. The summed E-state index contributed by atoms with van der Waals surface area (Å²) < 4.78 is 5.18. The van der Waals surface area contributed by atoms with Crippen molar-refractivity contribution in [2.45, 2.75) is 33.1 Å². The van der Waals surface area contributed by atoms with Gasteiger partial charge in [0.15, 0.2) is 5.78 Å². The van der Waals surface area contributed by atoms with E-state index in [0.29, 0.717) is 0 Å². The lowest BCUT2D eigenvalue weighted by Gasteiger charge is -2.14. The molecule has 0 saturated heterocycles. The fourth-order valence-electron chi connectivity index (χ4n) is 2.85. The largest absolute Gasteiger partial charge is 0.497 e. The SMILES string of the molecule is C/C=C1\C(=O)C(CC)=C(C)C1c1ccc(OC)cc1. The third kappa shape index (κ3) is 2.23. The van der Waals surface area contributed by atoms with Crippen LogP contribution >= 0.6 is 0 Å². The number of methoxy groups -OCH3 is 1. The molecule has 1 aliphatic carbocycles. The number of carbonyl (C=O) groups is 1. The summed E-state index contributed by atoms with van der Waals surface area (Å²) in [6, 6.07) is 7.99. The van der Waals surface area contributed by atoms with Gasteiger partial charge in [0.05, 0.1) is 7.11 Å². The minimum absolute atomic E-state index is 0.110. The summed E-state index contributed by atoms with van der Waals surface area (Å²) >= 11 is 0. The van der Waals surface area contributed by atoms with Crippen LogP contribution in [0.3, 0.4) is 0 Å². The molecule has 0 saturated carbocycles. The Morgan fingerprint density at radius 2 is 1.89 bits per heavy atom. The second-order valence-electron chi connectivity index (χ2n) is 4.79. The van der Waals surface area contributed by atoms with Gasteiger partial charge < -0.3 is 4.74 Å². The molecule has 0 heterocycles. The molecule has 1 aromatic carbocycles. The Morgan fingerprint density at radius 1 is 1.26 bits per heavy atom. The normalized spacial score (nSPS) is 21.4. The van der Waals surface area contributed by atoms with Crippen LogP contribution in [-0.4, -0.2) is 12.9 Å². The quantitative estimate of drug-likeness (QED) is 0.763. The highest BCUT2D eigenvalue weighted by Crippen LogP contribution is 2.42. The Labute approximate surface area is 114 Å². The van der Waals surface area contributed by atoms with Crippen molar-refractivity contribution >= 4 is 5.78 Å². The van der Waals surface area contributed by atoms with Crippen molar-refractivity contribution in [2.75, 3.05) is 7.11 Å². The van der Waals surface area contributed by atoms with Gasteiger partial charge in [-0.1, -0.05) is 30.7 Å². The molecule has 0 spiro atoms. The zero-order valence-electron chi connectivity index (χ0n) is 12.0. The summed E-state index contributed by atoms with van der Waals surface area (Å²) in [6.45, 7) is 6.05. The number of ether oxygens (including phenoxy) is 1. The number of ketones is 1. The van der Waals surface area contributed by atoms with Crippen LogP contribution in [-0.2, 0) is 4.79 Å². The van der Waals surface area contributed by atoms with E-state index >= 15 is 0 Å². The number of hydrogen-bond acceptors (Lipinski definition) is 2. The molecule has 2 heteroatoms. The molecule has 100 valence electrons. The van der Waals surface area contributed by atoms with E-state index in [9.17, 15) is 4.79 Å². The summed E-state index contributed by atoms with van der Waals surface area (Å²) in [5.74, 6) is 1.16. The third-order valence-corrected chi connectivity index (χ3v) is 3.87. The maximum absolute atomic E-state index is 12.3. The minimum Gasteiger partial charge on any atom is -0.497 e. The third-order valence-electron chi connectivity index (χ3n) is 3.87. The zero-order valence-corrected chi connectivity index (χ0v) is 12.0. The molecule has 0 amide bonds. The molecule has 0 N–H and O–H groups in total. The molecule has 0 fully saturated rings. The fourth-order valence-corrected chi connectivity index (χ4v) is 2.85. The molecule has 19 heavy (non-hydrogen) atoms. The van der Waals surface area contributed by atoms with Gasteiger partial charge in [-0.15, -0.1) is 0 Å². The van der Waals surface area contributed by atoms with Crippen LogP contribution < -0.4 is 4.74 Å². The van der Waals surface area contributed by atoms with E-state index in [4.69, 9.17) is 4.74 Å². The summed E-state index contributed by atoms with van der Waals surface area (Å²) in [5, 5.41) is 0. The van der Waals surface area contributed by atoms with E-state index in [1.54, 1.807) is 7.11 Å². The molecule has 0 bridgehead atoms. The lowest BCUT2D eigenvalue weighted by Crippen LogP contribution is -2.04. The molecule has 2 rings (SSSR count). The van der Waals surface area contributed by atoms with Gasteiger partial charge in [0.1, 0.15) is 5.75 Å². The van der Waals surface area contributed by atoms with Crippen LogP contribution in [0.5, 0.6) is 5.75 Å². The predicted octanol–water partition coefficient (Wildman–Crippen LogP) is 4.03. The van der Waals surface area contributed by atoms with Crippen LogP contribution in [0, 0.1) is 0 Å². The van der Waals surface area contributed by atoms with E-state index in [1.165, 1.54) is 5.57 Å². The van der Waals surface area contributed by atoms with E-state index in [-0.39, 0.29) is 11.7 Å². The van der Waals surface area contributed by atoms with Crippen molar-refractivity contribution in [1.29, 1.82) is 0 Å². The van der Waals surface area contributed by atoms with Crippen molar-refractivity contribution in [3.8, 4) is 5.75 Å². The first-order valence-electron chi connectivity index (χ1n) is 6.68. The van der Waals surface area contributed by atoms with Crippen molar-refractivity contribution in [3.05, 3.63) is 52.6 Å². The van der Waals surface area contributed by atoms with Crippen molar-refractivity contribution in [2.24, 2.45) is 0 Å². The molecule has 1 aliphatic rings. The first-order valence-corrected chi connectivity index (χ1v) is 6.68. The van der Waals surface area contributed by atoms with Crippen LogP contribution in [0.25, 0.3) is 0 Å². The monoisotopic (exact) mass is 256 g/mol. The van der Waals surface area contributed by atoms with Crippen molar-refractivity contribution in [1.82, 2.24) is 0 Å². The van der Waals surface area contributed by atoms with Gasteiger partial charge in [0.2, 0.25) is 0 Å². The first-order chi connectivity index (χ1) is 9.13. The molecule has 0 radical (unpaired) electrons. The standard InChI is InChI=1S/C17H20O2/c1-5-14-11(3)16(15(6-2)17(14)18)12-7-9-13(19-4)10-8-12/h6-10,16H,5H2,1-4H3/b15-6-. The molecule has 1 atom stereocenters. The van der Waals surface area contributed by atoms with Gasteiger partial charge in [-0.3, -0.25) is 4.79 Å². The first kappa shape index (κ1) is 13.6. The summed E-state index contributed by atoms with van der Waals surface area (Å²) in [4.78, 5) is 12.3. The highest BCUT2D eigenvalue weighted by atomic mass is 16.5. The maximum Gasteiger partial charge on any atom is 0.185 e. The Hall–Kier alpha value is -1.83. The van der Waals surface area contributed by atoms with Gasteiger partial charge in [0.25, 0.3) is 0 Å². The Morgan fingerprint density at radius 3 is 2.37 bits per heavy atom. The average molecular weight is 256 g/mol. The summed E-state index contributed by atoms with van der Waals surface area (Å²) in [6.07, 6.45) is 2.75. The topological polar surface area (TPSA) is 26.3 Å². The van der Waals surface area contributed by atoms with E-state index in [1.807, 2.05) is 44.2 Å². The van der Waals surface area contributed by atoms with Gasteiger partial charge in [0, 0.05) is 11.5 Å². The number of rotatable bonds is 3. The van der Waals surface area contributed by atoms with E-state index in [2.05, 4.69) is 6.92 Å². The van der Waals surface area contributed by atoms with Crippen LogP contribution in [0.15, 0.2) is 47.1 Å². The summed E-state index contributed by atoms with van der Waals surface area (Å²) in [5.41, 5.74) is 4.21. The predicted molar refractivity (Wildman–Crippen MR) is 77.5 cm³/mol. The average Bonchev–Trinajstić information content (AvgIpc) is 2.69. The number of carbonyl (C=O) groups excluding carboxylic acids is 1. The van der Waals surface area contributed by atoms with E-state index < -0.39 is 0 Å². The molecule has 0 aromatic heterocycles. The second kappa shape index (κ2) is 5.43. The smallest absolute Gasteiger partial charge is 0.185 e. The van der Waals surface area contributed by atoms with E-state index in [0.717, 1.165) is 28.9 Å². The number of allylic oxidation sites excluding steroid dienone is 4. The fraction of sp³-hybridized carbons (Fsp3) is 0.353. The highest BCUT2D eigenvalue weighted by molar-refractivity contribution is 6.13. The number of Topliss-reactive ketones (excluding diaryl/α,β-unsaturated/α-hetero) is 1. The van der Waals surface area contributed by atoms with Gasteiger partial charge in [-0.2, -0.15) is 0 Å². The van der Waals surface area contributed by atoms with Crippen LogP contribution in [0.2, 0.25) is 0 Å². The number of benzene rings is 1. The summed E-state index contributed by atoms with van der Waals surface area (Å²) in [7, 11) is 1.66. The Kier molecular flexibility index (Phi) is 3.89. The van der Waals surface area contributed by atoms with Crippen LogP contribution in [0.1, 0.15) is 38.7 Å². The van der Waals surface area contributed by atoms with Crippen molar-refractivity contribution in [3.63, 3.8) is 0 Å². The lowest BCUT2D eigenvalue weighted by atomic mass is 9.89. The van der Waals surface area contributed by atoms with Gasteiger partial charge in [-0.05, 0) is 43.5 Å². The minimum atomic E-state index is 0.110. The molecule has 1 aromatic rings. The maximum atomic E-state index is 12.3. The number of hydrogen-bond donors (Lipinski definition) is 0. The van der Waals surface area contributed by atoms with Gasteiger partial charge in [-0.25, -0.2) is 0 Å². The molecule has 2 nitrogen and oxygen atoms in total. The highest BCUT2D eigenvalue weighted by Gasteiger charge is 2.34. The molecular weight excluding hydrogens is 236 g/mol. The zero-order chi connectivity index (χ0) is 14.0. The van der Waals surface area contributed by atoms with Crippen molar-refractivity contribution < 1.29 is 9.53 Å². The van der Waals surface area contributed by atoms with Crippen LogP contribution in [0.4, 0.5) is 0 Å². The Balaban J connectivity index is 2.47. The molecule has 1 unspecified atom stereocenters. The Bertz CT molecular complexity index is 547. The van der Waals surface area contributed by atoms with Gasteiger partial charge >= 0.3 is 0 Å². The second-order valence-corrected chi connectivity index (χ2v) is 4.79.